The minimum atomic E-state index is -1.24. The summed E-state index contributed by atoms with van der Waals surface area (Å²) in [5.74, 6) is -1.98. The van der Waals surface area contributed by atoms with Gasteiger partial charge in [-0.3, -0.25) is 10.1 Å². The molecule has 3 amide bonds. The van der Waals surface area contributed by atoms with Crippen LogP contribution in [0.1, 0.15) is 12.8 Å². The highest BCUT2D eigenvalue weighted by Crippen LogP contribution is 2.12. The van der Waals surface area contributed by atoms with Gasteiger partial charge in [-0.25, -0.2) is 9.59 Å². The Balaban J connectivity index is 2.37. The van der Waals surface area contributed by atoms with Gasteiger partial charge >= 0.3 is 12.0 Å². The van der Waals surface area contributed by atoms with E-state index in [2.05, 4.69) is 5.32 Å². The number of amides is 3. The summed E-state index contributed by atoms with van der Waals surface area (Å²) in [5.41, 5.74) is 0. The number of rotatable bonds is 3. The van der Waals surface area contributed by atoms with Crippen LogP contribution in [-0.4, -0.2) is 54.2 Å². The van der Waals surface area contributed by atoms with E-state index in [1.54, 1.807) is 7.11 Å². The van der Waals surface area contributed by atoms with Gasteiger partial charge in [0.1, 0.15) is 0 Å². The number of imide groups is 1. The van der Waals surface area contributed by atoms with E-state index in [4.69, 9.17) is 9.84 Å². The van der Waals surface area contributed by atoms with Gasteiger partial charge in [0.05, 0.1) is 6.10 Å². The molecule has 18 heavy (non-hydrogen) atoms. The van der Waals surface area contributed by atoms with E-state index in [0.29, 0.717) is 19.2 Å². The Morgan fingerprint density at radius 3 is 2.39 bits per heavy atom. The van der Waals surface area contributed by atoms with Gasteiger partial charge in [0.15, 0.2) is 0 Å². The Morgan fingerprint density at radius 2 is 1.89 bits per heavy atom. The van der Waals surface area contributed by atoms with Crippen LogP contribution in [0.25, 0.3) is 0 Å². The topological polar surface area (TPSA) is 95.9 Å². The molecule has 100 valence electrons. The molecule has 1 rings (SSSR count). The van der Waals surface area contributed by atoms with Crippen molar-refractivity contribution in [1.29, 1.82) is 0 Å². The second-order valence-electron chi connectivity index (χ2n) is 3.89. The van der Waals surface area contributed by atoms with Gasteiger partial charge in [0, 0.05) is 32.4 Å². The smallest absolute Gasteiger partial charge is 0.328 e. The molecule has 0 aliphatic carbocycles. The molecule has 1 fully saturated rings. The Hall–Kier alpha value is -1.89. The summed E-state index contributed by atoms with van der Waals surface area (Å²) in [4.78, 5) is 34.5. The van der Waals surface area contributed by atoms with E-state index in [1.807, 2.05) is 0 Å². The minimum Gasteiger partial charge on any atom is -0.478 e. The number of urea groups is 1. The van der Waals surface area contributed by atoms with Crippen LogP contribution in [0.5, 0.6) is 0 Å². The monoisotopic (exact) mass is 256 g/mol. The molecular weight excluding hydrogens is 240 g/mol. The van der Waals surface area contributed by atoms with Crippen LogP contribution >= 0.6 is 0 Å². The first kappa shape index (κ1) is 14.2. The van der Waals surface area contributed by atoms with Gasteiger partial charge in [-0.2, -0.15) is 0 Å². The molecular formula is C11H16N2O5. The fourth-order valence-electron chi connectivity index (χ4n) is 1.67. The molecule has 0 aromatic rings. The SMILES string of the molecule is COC1CCN(C(=O)NC(=O)/C=C/C(=O)O)CC1. The number of carbonyl (C=O) groups excluding carboxylic acids is 2. The van der Waals surface area contributed by atoms with E-state index in [1.165, 1.54) is 4.90 Å². The highest BCUT2D eigenvalue weighted by Gasteiger charge is 2.23. The predicted molar refractivity (Wildman–Crippen MR) is 61.9 cm³/mol. The molecule has 1 heterocycles. The van der Waals surface area contributed by atoms with Crippen molar-refractivity contribution in [3.05, 3.63) is 12.2 Å². The summed E-state index contributed by atoms with van der Waals surface area (Å²) in [6, 6.07) is -0.510. The van der Waals surface area contributed by atoms with E-state index in [9.17, 15) is 14.4 Å². The van der Waals surface area contributed by atoms with Crippen LogP contribution in [0.3, 0.4) is 0 Å². The van der Waals surface area contributed by atoms with Crippen molar-refractivity contribution in [2.24, 2.45) is 0 Å². The number of carboxylic acids is 1. The maximum Gasteiger partial charge on any atom is 0.328 e. The van der Waals surface area contributed by atoms with Gasteiger partial charge in [-0.15, -0.1) is 0 Å². The third-order valence-electron chi connectivity index (χ3n) is 2.67. The van der Waals surface area contributed by atoms with Gasteiger partial charge in [-0.05, 0) is 12.8 Å². The Bertz CT molecular complexity index is 358. The first-order valence-corrected chi connectivity index (χ1v) is 5.56. The molecule has 2 N–H and O–H groups in total. The van der Waals surface area contributed by atoms with Crippen molar-refractivity contribution in [3.8, 4) is 0 Å². The largest absolute Gasteiger partial charge is 0.478 e. The Morgan fingerprint density at radius 1 is 1.28 bits per heavy atom. The quantitative estimate of drug-likeness (QED) is 0.691. The normalized spacial score (nSPS) is 16.8. The lowest BCUT2D eigenvalue weighted by molar-refractivity contribution is -0.131. The molecule has 0 atom stereocenters. The molecule has 0 spiro atoms. The summed E-state index contributed by atoms with van der Waals surface area (Å²) in [7, 11) is 1.63. The third-order valence-corrected chi connectivity index (χ3v) is 2.67. The summed E-state index contributed by atoms with van der Waals surface area (Å²) in [6.45, 7) is 1.03. The Kier molecular flexibility index (Phi) is 5.31. The van der Waals surface area contributed by atoms with Gasteiger partial charge < -0.3 is 14.7 Å². The Labute approximate surface area is 104 Å². The fraction of sp³-hybridized carbons (Fsp3) is 0.545. The highest BCUT2D eigenvalue weighted by atomic mass is 16.5. The molecule has 0 radical (unpaired) electrons. The number of carbonyl (C=O) groups is 3. The van der Waals surface area contributed by atoms with Crippen molar-refractivity contribution < 1.29 is 24.2 Å². The zero-order valence-corrected chi connectivity index (χ0v) is 10.1. The maximum absolute atomic E-state index is 11.6. The third kappa shape index (κ3) is 4.54. The van der Waals surface area contributed by atoms with Gasteiger partial charge in [0.25, 0.3) is 5.91 Å². The molecule has 0 bridgehead atoms. The highest BCUT2D eigenvalue weighted by molar-refractivity contribution is 6.02. The number of likely N-dealkylation sites (tertiary alicyclic amines) is 1. The van der Waals surface area contributed by atoms with E-state index in [0.717, 1.165) is 18.9 Å². The van der Waals surface area contributed by atoms with Gasteiger partial charge in [-0.1, -0.05) is 0 Å². The molecule has 1 saturated heterocycles. The van der Waals surface area contributed by atoms with Gasteiger partial charge in [0.2, 0.25) is 0 Å². The number of aliphatic carboxylic acids is 1. The molecule has 7 nitrogen and oxygen atoms in total. The fourth-order valence-corrected chi connectivity index (χ4v) is 1.67. The molecule has 0 aromatic carbocycles. The number of hydrogen-bond acceptors (Lipinski definition) is 4. The van der Waals surface area contributed by atoms with Crippen LogP contribution in [0, 0.1) is 0 Å². The lowest BCUT2D eigenvalue weighted by Crippen LogP contribution is -2.47. The van der Waals surface area contributed by atoms with Crippen molar-refractivity contribution in [1.82, 2.24) is 10.2 Å². The summed E-state index contributed by atoms with van der Waals surface area (Å²) in [5, 5.41) is 10.4. The maximum atomic E-state index is 11.6. The lowest BCUT2D eigenvalue weighted by Gasteiger charge is -2.30. The van der Waals surface area contributed by atoms with Crippen LogP contribution in [0.15, 0.2) is 12.2 Å². The standard InChI is InChI=1S/C11H16N2O5/c1-18-8-4-6-13(7-5-8)11(17)12-9(14)2-3-10(15)16/h2-3,8H,4-7H2,1H3,(H,15,16)(H,12,14,17)/b3-2+. The molecule has 0 aromatic heterocycles. The van der Waals surface area contributed by atoms with Crippen LogP contribution < -0.4 is 5.32 Å². The second kappa shape index (κ2) is 6.75. The van der Waals surface area contributed by atoms with Crippen LogP contribution in [0.2, 0.25) is 0 Å². The first-order chi connectivity index (χ1) is 8.52. The lowest BCUT2D eigenvalue weighted by atomic mass is 10.1. The van der Waals surface area contributed by atoms with Crippen molar-refractivity contribution in [2.75, 3.05) is 20.2 Å². The summed E-state index contributed by atoms with van der Waals surface area (Å²) >= 11 is 0. The average Bonchev–Trinajstić information content (AvgIpc) is 2.36. The summed E-state index contributed by atoms with van der Waals surface area (Å²) in [6.07, 6.45) is 3.09. The number of methoxy groups -OCH3 is 1. The first-order valence-electron chi connectivity index (χ1n) is 5.56. The average molecular weight is 256 g/mol. The van der Waals surface area contributed by atoms with Crippen molar-refractivity contribution >= 4 is 17.9 Å². The number of nitrogens with zero attached hydrogens (tertiary/aromatic N) is 1. The van der Waals surface area contributed by atoms with E-state index >= 15 is 0 Å². The number of piperidine rings is 1. The van der Waals surface area contributed by atoms with E-state index < -0.39 is 17.9 Å². The minimum absolute atomic E-state index is 0.150. The molecule has 1 aliphatic rings. The molecule has 0 unspecified atom stereocenters. The van der Waals surface area contributed by atoms with E-state index in [-0.39, 0.29) is 6.10 Å². The zero-order valence-electron chi connectivity index (χ0n) is 10.1. The molecule has 1 aliphatic heterocycles. The van der Waals surface area contributed by atoms with Crippen LogP contribution in [0.4, 0.5) is 4.79 Å². The van der Waals surface area contributed by atoms with Crippen molar-refractivity contribution in [3.63, 3.8) is 0 Å². The predicted octanol–water partition coefficient (Wildman–Crippen LogP) is -0.0258. The number of carboxylic acid groups (broad SMARTS) is 1. The number of hydrogen-bond donors (Lipinski definition) is 2. The second-order valence-corrected chi connectivity index (χ2v) is 3.89. The summed E-state index contributed by atoms with van der Waals surface area (Å²) < 4.78 is 5.16. The molecule has 7 heteroatoms. The number of nitrogens with one attached hydrogen (secondary N) is 1. The zero-order chi connectivity index (χ0) is 13.5. The molecule has 0 saturated carbocycles. The number of ether oxygens (including phenoxy) is 1. The van der Waals surface area contributed by atoms with Crippen molar-refractivity contribution in [2.45, 2.75) is 18.9 Å². The van der Waals surface area contributed by atoms with Crippen LogP contribution in [-0.2, 0) is 14.3 Å².